The highest BCUT2D eigenvalue weighted by Gasteiger charge is 2.44. The van der Waals surface area contributed by atoms with Crippen LogP contribution in [0.5, 0.6) is 5.75 Å². The number of hydrogen-bond donors (Lipinski definition) is 1. The number of hydrogen-bond acceptors (Lipinski definition) is 6. The van der Waals surface area contributed by atoms with Crippen molar-refractivity contribution >= 4 is 17.7 Å². The zero-order valence-electron chi connectivity index (χ0n) is 21.1. The van der Waals surface area contributed by atoms with Gasteiger partial charge in [-0.25, -0.2) is 9.79 Å². The number of aliphatic imine (C=N–C) groups is 1. The lowest BCUT2D eigenvalue weighted by atomic mass is 9.86. The van der Waals surface area contributed by atoms with E-state index in [-0.39, 0.29) is 17.2 Å². The first kappa shape index (κ1) is 23.2. The molecule has 1 spiro atoms. The number of piperidine rings is 1. The summed E-state index contributed by atoms with van der Waals surface area (Å²) in [6.45, 7) is 9.11. The molecule has 0 atom stereocenters. The van der Waals surface area contributed by atoms with E-state index < -0.39 is 0 Å². The number of carbonyl (C=O) groups is 1. The molecule has 0 radical (unpaired) electrons. The van der Waals surface area contributed by atoms with Gasteiger partial charge in [0.1, 0.15) is 17.0 Å². The zero-order chi connectivity index (χ0) is 24.8. The monoisotopic (exact) mass is 490 g/mol. The van der Waals surface area contributed by atoms with Crippen LogP contribution in [0.2, 0.25) is 0 Å². The molecule has 2 amide bonds. The largest absolute Gasteiger partial charge is 0.487 e. The van der Waals surface area contributed by atoms with E-state index in [9.17, 15) is 4.79 Å². The molecule has 0 unspecified atom stereocenters. The summed E-state index contributed by atoms with van der Waals surface area (Å²) in [7, 11) is 0. The Balaban J connectivity index is 1.08. The van der Waals surface area contributed by atoms with E-state index in [2.05, 4.69) is 59.4 Å². The molecular weight excluding hydrogens is 456 g/mol. The molecule has 2 aromatic carbocycles. The molecular formula is C28H34N4O4. The highest BCUT2D eigenvalue weighted by atomic mass is 16.5. The Hall–Kier alpha value is -3.26. The van der Waals surface area contributed by atoms with Crippen LogP contribution >= 0.6 is 0 Å². The normalized spacial score (nSPS) is 22.0. The minimum Gasteiger partial charge on any atom is -0.487 e. The topological polar surface area (TPSA) is 75.6 Å². The number of fused-ring (bicyclic) bond motifs is 1. The van der Waals surface area contributed by atoms with E-state index in [4.69, 9.17) is 14.2 Å². The summed E-state index contributed by atoms with van der Waals surface area (Å²) >= 11 is 0. The molecule has 8 nitrogen and oxygen atoms in total. The second-order valence-corrected chi connectivity index (χ2v) is 10.8. The number of nitrogens with one attached hydrogen (secondary N) is 1. The maximum Gasteiger partial charge on any atom is 0.321 e. The summed E-state index contributed by atoms with van der Waals surface area (Å²) in [4.78, 5) is 21.1. The SMILES string of the molecule is CC1(C)CN=C(N2CCC3(CC2)Cc2cc(-c4ccc(NC(=O)N5CCOCC5)cc4)ccc2O3)O1. The van der Waals surface area contributed by atoms with Gasteiger partial charge in [-0.05, 0) is 54.8 Å². The van der Waals surface area contributed by atoms with Crippen LogP contribution < -0.4 is 10.1 Å². The predicted octanol–water partition coefficient (Wildman–Crippen LogP) is 4.15. The Morgan fingerprint density at radius 3 is 2.36 bits per heavy atom. The van der Waals surface area contributed by atoms with Crippen LogP contribution in [0.25, 0.3) is 11.1 Å². The van der Waals surface area contributed by atoms with Crippen molar-refractivity contribution in [3.05, 3.63) is 48.0 Å². The molecule has 0 bridgehead atoms. The Kier molecular flexibility index (Phi) is 5.79. The van der Waals surface area contributed by atoms with Gasteiger partial charge in [0.05, 0.1) is 19.8 Å². The quantitative estimate of drug-likeness (QED) is 0.685. The molecule has 36 heavy (non-hydrogen) atoms. The van der Waals surface area contributed by atoms with Crippen molar-refractivity contribution in [2.75, 3.05) is 51.3 Å². The summed E-state index contributed by atoms with van der Waals surface area (Å²) in [5.74, 6) is 0.997. The minimum atomic E-state index is -0.201. The minimum absolute atomic E-state index is 0.0765. The number of rotatable bonds is 2. The molecule has 0 aromatic heterocycles. The Bertz CT molecular complexity index is 1160. The van der Waals surface area contributed by atoms with Gasteiger partial charge in [0.25, 0.3) is 6.02 Å². The van der Waals surface area contributed by atoms with Crippen molar-refractivity contribution in [2.24, 2.45) is 4.99 Å². The molecule has 1 N–H and O–H groups in total. The number of ether oxygens (including phenoxy) is 3. The van der Waals surface area contributed by atoms with Gasteiger partial charge in [-0.2, -0.15) is 0 Å². The van der Waals surface area contributed by atoms with Crippen LogP contribution in [0, 0.1) is 0 Å². The van der Waals surface area contributed by atoms with Crippen molar-refractivity contribution in [3.8, 4) is 16.9 Å². The molecule has 0 saturated carbocycles. The highest BCUT2D eigenvalue weighted by molar-refractivity contribution is 5.89. The molecule has 0 aliphatic carbocycles. The van der Waals surface area contributed by atoms with Gasteiger partial charge >= 0.3 is 6.03 Å². The average molecular weight is 491 g/mol. The number of urea groups is 1. The standard InChI is InChI=1S/C28H34N4O4/c1-27(2)19-29-26(36-27)32-11-9-28(10-12-32)18-22-17-21(5-8-24(22)35-28)20-3-6-23(7-4-20)30-25(33)31-13-15-34-16-14-31/h3-8,17H,9-16,18-19H2,1-2H3,(H,30,33). The molecule has 4 heterocycles. The van der Waals surface area contributed by atoms with Gasteiger partial charge in [-0.1, -0.05) is 18.2 Å². The smallest absolute Gasteiger partial charge is 0.321 e. The summed E-state index contributed by atoms with van der Waals surface area (Å²) < 4.78 is 17.9. The average Bonchev–Trinajstić information content (AvgIpc) is 3.44. The lowest BCUT2D eigenvalue weighted by Crippen LogP contribution is -2.49. The lowest BCUT2D eigenvalue weighted by molar-refractivity contribution is 0.0249. The van der Waals surface area contributed by atoms with Gasteiger partial charge in [-0.3, -0.25) is 0 Å². The van der Waals surface area contributed by atoms with Crippen LogP contribution in [0.4, 0.5) is 10.5 Å². The first-order valence-electron chi connectivity index (χ1n) is 12.9. The van der Waals surface area contributed by atoms with Gasteiger partial charge in [-0.15, -0.1) is 0 Å². The fourth-order valence-electron chi connectivity index (χ4n) is 5.45. The van der Waals surface area contributed by atoms with Gasteiger partial charge in [0, 0.05) is 51.1 Å². The summed E-state index contributed by atoms with van der Waals surface area (Å²) in [6, 6.07) is 15.2. The third-order valence-corrected chi connectivity index (χ3v) is 7.58. The fourth-order valence-corrected chi connectivity index (χ4v) is 5.45. The van der Waals surface area contributed by atoms with Crippen molar-refractivity contribution in [3.63, 3.8) is 0 Å². The van der Waals surface area contributed by atoms with E-state index in [1.807, 2.05) is 12.1 Å². The zero-order valence-corrected chi connectivity index (χ0v) is 21.1. The summed E-state index contributed by atoms with van der Waals surface area (Å²) in [6.07, 6.45) is 2.84. The Labute approximate surface area is 212 Å². The number of benzene rings is 2. The van der Waals surface area contributed by atoms with Crippen LogP contribution in [0.1, 0.15) is 32.3 Å². The van der Waals surface area contributed by atoms with Gasteiger partial charge < -0.3 is 29.3 Å². The molecule has 2 aromatic rings. The van der Waals surface area contributed by atoms with Gasteiger partial charge in [0.15, 0.2) is 0 Å². The van der Waals surface area contributed by atoms with Crippen LogP contribution in [-0.2, 0) is 15.9 Å². The molecule has 8 heteroatoms. The third-order valence-electron chi connectivity index (χ3n) is 7.58. The number of morpholine rings is 1. The number of anilines is 1. The van der Waals surface area contributed by atoms with E-state index in [1.165, 1.54) is 5.56 Å². The molecule has 2 saturated heterocycles. The fraction of sp³-hybridized carbons (Fsp3) is 0.500. The Morgan fingerprint density at radius 1 is 0.944 bits per heavy atom. The van der Waals surface area contributed by atoms with Crippen LogP contribution in [-0.4, -0.2) is 79.0 Å². The second kappa shape index (κ2) is 9.00. The number of carbonyl (C=O) groups excluding carboxylic acids is 1. The van der Waals surface area contributed by atoms with Crippen LogP contribution in [0.3, 0.4) is 0 Å². The number of amides is 2. The van der Waals surface area contributed by atoms with E-state index >= 15 is 0 Å². The van der Waals surface area contributed by atoms with Crippen molar-refractivity contribution in [1.29, 1.82) is 0 Å². The lowest BCUT2D eigenvalue weighted by Gasteiger charge is -2.39. The first-order chi connectivity index (χ1) is 17.4. The number of nitrogens with zero attached hydrogens (tertiary/aromatic N) is 3. The maximum absolute atomic E-state index is 12.5. The summed E-state index contributed by atoms with van der Waals surface area (Å²) in [5.41, 5.74) is 4.00. The van der Waals surface area contributed by atoms with Crippen LogP contribution in [0.15, 0.2) is 47.5 Å². The van der Waals surface area contributed by atoms with E-state index in [1.54, 1.807) is 4.90 Å². The van der Waals surface area contributed by atoms with Crippen molar-refractivity contribution < 1.29 is 19.0 Å². The third kappa shape index (κ3) is 4.62. The summed E-state index contributed by atoms with van der Waals surface area (Å²) in [5, 5.41) is 2.99. The maximum atomic E-state index is 12.5. The van der Waals surface area contributed by atoms with Gasteiger partial charge in [0.2, 0.25) is 0 Å². The molecule has 190 valence electrons. The Morgan fingerprint density at radius 2 is 1.67 bits per heavy atom. The number of amidine groups is 1. The van der Waals surface area contributed by atoms with E-state index in [0.29, 0.717) is 26.3 Å². The number of likely N-dealkylation sites (tertiary alicyclic amines) is 1. The molecule has 2 fully saturated rings. The first-order valence-corrected chi connectivity index (χ1v) is 12.9. The molecule has 6 rings (SSSR count). The molecule has 4 aliphatic rings. The van der Waals surface area contributed by atoms with Crippen molar-refractivity contribution in [2.45, 2.75) is 44.3 Å². The second-order valence-electron chi connectivity index (χ2n) is 10.8. The predicted molar refractivity (Wildman–Crippen MR) is 139 cm³/mol. The van der Waals surface area contributed by atoms with E-state index in [0.717, 1.165) is 67.5 Å². The highest BCUT2D eigenvalue weighted by Crippen LogP contribution is 2.43. The molecule has 4 aliphatic heterocycles. The van der Waals surface area contributed by atoms with Crippen molar-refractivity contribution in [1.82, 2.24) is 9.80 Å².